The van der Waals surface area contributed by atoms with Crippen LogP contribution in [0, 0.1) is 6.92 Å². The molecule has 2 heterocycles. The van der Waals surface area contributed by atoms with Gasteiger partial charge in [0, 0.05) is 6.20 Å². The Morgan fingerprint density at radius 1 is 1.55 bits per heavy atom. The third kappa shape index (κ3) is 0.906. The number of hydrogen-bond acceptors (Lipinski definition) is 2. The second kappa shape index (κ2) is 2.24. The third-order valence-electron chi connectivity index (χ3n) is 1.62. The summed E-state index contributed by atoms with van der Waals surface area (Å²) in [5.74, 6) is 0. The Kier molecular flexibility index (Phi) is 1.36. The van der Waals surface area contributed by atoms with Crippen LogP contribution < -0.4 is 0 Å². The van der Waals surface area contributed by atoms with Crippen LogP contribution in [0.25, 0.3) is 11.0 Å². The molecule has 2 aromatic rings. The molecule has 2 nitrogen and oxygen atoms in total. The standard InChI is InChI=1S/C8H6ClNO/c1-5-4-11-6-2-3-10-8(9)7(5)6/h2-4H,1H3. The average molecular weight is 168 g/mol. The first-order chi connectivity index (χ1) is 5.29. The lowest BCUT2D eigenvalue weighted by molar-refractivity contribution is 0.613. The van der Waals surface area contributed by atoms with Gasteiger partial charge in [-0.3, -0.25) is 0 Å². The predicted molar refractivity (Wildman–Crippen MR) is 43.8 cm³/mol. The molecular weight excluding hydrogens is 162 g/mol. The van der Waals surface area contributed by atoms with Crippen molar-refractivity contribution < 1.29 is 4.42 Å². The number of nitrogens with zero attached hydrogens (tertiary/aromatic N) is 1. The highest BCUT2D eigenvalue weighted by atomic mass is 35.5. The summed E-state index contributed by atoms with van der Waals surface area (Å²) < 4.78 is 5.21. The van der Waals surface area contributed by atoms with E-state index in [0.717, 1.165) is 16.5 Å². The van der Waals surface area contributed by atoms with Gasteiger partial charge in [0.2, 0.25) is 0 Å². The van der Waals surface area contributed by atoms with Gasteiger partial charge in [-0.15, -0.1) is 0 Å². The summed E-state index contributed by atoms with van der Waals surface area (Å²) in [6.45, 7) is 1.94. The van der Waals surface area contributed by atoms with Crippen LogP contribution in [0.15, 0.2) is 22.9 Å². The molecule has 0 saturated heterocycles. The Morgan fingerprint density at radius 3 is 3.09 bits per heavy atom. The Morgan fingerprint density at radius 2 is 2.36 bits per heavy atom. The van der Waals surface area contributed by atoms with Gasteiger partial charge in [-0.1, -0.05) is 11.6 Å². The van der Waals surface area contributed by atoms with Crippen LogP contribution in [0.5, 0.6) is 0 Å². The van der Waals surface area contributed by atoms with Crippen LogP contribution in [0.4, 0.5) is 0 Å². The van der Waals surface area contributed by atoms with Crippen LogP contribution in [0.3, 0.4) is 0 Å². The largest absolute Gasteiger partial charge is 0.464 e. The fraction of sp³-hybridized carbons (Fsp3) is 0.125. The predicted octanol–water partition coefficient (Wildman–Crippen LogP) is 2.79. The van der Waals surface area contributed by atoms with Crippen molar-refractivity contribution in [3.8, 4) is 0 Å². The molecule has 0 saturated carbocycles. The van der Waals surface area contributed by atoms with E-state index in [1.807, 2.05) is 6.92 Å². The molecule has 0 N–H and O–H groups in total. The zero-order valence-electron chi connectivity index (χ0n) is 5.97. The van der Waals surface area contributed by atoms with Crippen LogP contribution in [0.1, 0.15) is 5.56 Å². The molecule has 0 spiro atoms. The summed E-state index contributed by atoms with van der Waals surface area (Å²) in [6.07, 6.45) is 3.31. The van der Waals surface area contributed by atoms with Crippen LogP contribution in [-0.2, 0) is 0 Å². The molecule has 0 bridgehead atoms. The highest BCUT2D eigenvalue weighted by Crippen LogP contribution is 2.25. The van der Waals surface area contributed by atoms with Crippen LogP contribution in [0.2, 0.25) is 5.15 Å². The van der Waals surface area contributed by atoms with Gasteiger partial charge in [0.15, 0.2) is 0 Å². The Hall–Kier alpha value is -1.02. The highest BCUT2D eigenvalue weighted by Gasteiger charge is 2.05. The lowest BCUT2D eigenvalue weighted by Crippen LogP contribution is -1.74. The highest BCUT2D eigenvalue weighted by molar-refractivity contribution is 6.34. The van der Waals surface area contributed by atoms with Gasteiger partial charge in [0.25, 0.3) is 0 Å². The van der Waals surface area contributed by atoms with E-state index < -0.39 is 0 Å². The van der Waals surface area contributed by atoms with Gasteiger partial charge < -0.3 is 4.42 Å². The normalized spacial score (nSPS) is 10.7. The van der Waals surface area contributed by atoms with Crippen molar-refractivity contribution in [2.45, 2.75) is 6.92 Å². The molecule has 0 aliphatic heterocycles. The van der Waals surface area contributed by atoms with E-state index in [9.17, 15) is 0 Å². The second-order valence-corrected chi connectivity index (χ2v) is 2.75. The van der Waals surface area contributed by atoms with E-state index in [4.69, 9.17) is 16.0 Å². The van der Waals surface area contributed by atoms with Crippen molar-refractivity contribution in [1.29, 1.82) is 0 Å². The molecule has 0 amide bonds. The molecule has 2 rings (SSSR count). The third-order valence-corrected chi connectivity index (χ3v) is 1.91. The minimum absolute atomic E-state index is 0.508. The van der Waals surface area contributed by atoms with Gasteiger partial charge in [0.1, 0.15) is 10.7 Å². The number of fused-ring (bicyclic) bond motifs is 1. The summed E-state index contributed by atoms with van der Waals surface area (Å²) in [5.41, 5.74) is 1.82. The summed E-state index contributed by atoms with van der Waals surface area (Å²) in [7, 11) is 0. The lowest BCUT2D eigenvalue weighted by Gasteiger charge is -1.90. The monoisotopic (exact) mass is 167 g/mol. The first-order valence-corrected chi connectivity index (χ1v) is 3.65. The van der Waals surface area contributed by atoms with Crippen LogP contribution in [-0.4, -0.2) is 4.98 Å². The first-order valence-electron chi connectivity index (χ1n) is 3.27. The smallest absolute Gasteiger partial charge is 0.140 e. The molecule has 0 aliphatic rings. The number of rotatable bonds is 0. The zero-order valence-corrected chi connectivity index (χ0v) is 6.72. The molecular formula is C8H6ClNO. The Labute approximate surface area is 68.8 Å². The summed E-state index contributed by atoms with van der Waals surface area (Å²) in [6, 6.07) is 1.80. The Balaban J connectivity index is 2.96. The summed E-state index contributed by atoms with van der Waals surface area (Å²) in [5, 5.41) is 1.42. The maximum absolute atomic E-state index is 5.83. The Bertz CT molecular complexity index is 394. The number of hydrogen-bond donors (Lipinski definition) is 0. The molecule has 11 heavy (non-hydrogen) atoms. The van der Waals surface area contributed by atoms with Crippen molar-refractivity contribution in [2.24, 2.45) is 0 Å². The maximum Gasteiger partial charge on any atom is 0.140 e. The summed E-state index contributed by atoms with van der Waals surface area (Å²) in [4.78, 5) is 3.95. The second-order valence-electron chi connectivity index (χ2n) is 2.39. The van der Waals surface area contributed by atoms with Gasteiger partial charge in [-0.2, -0.15) is 0 Å². The van der Waals surface area contributed by atoms with Crippen molar-refractivity contribution in [3.05, 3.63) is 29.2 Å². The van der Waals surface area contributed by atoms with Gasteiger partial charge in [0.05, 0.1) is 11.6 Å². The number of aromatic nitrogens is 1. The van der Waals surface area contributed by atoms with E-state index in [1.54, 1.807) is 18.5 Å². The molecule has 3 heteroatoms. The minimum atomic E-state index is 0.508. The fourth-order valence-electron chi connectivity index (χ4n) is 1.09. The molecule has 0 aromatic carbocycles. The topological polar surface area (TPSA) is 26.0 Å². The zero-order chi connectivity index (χ0) is 7.84. The quantitative estimate of drug-likeness (QED) is 0.564. The number of furan rings is 1. The SMILES string of the molecule is Cc1coc2ccnc(Cl)c12. The van der Waals surface area contributed by atoms with E-state index in [1.165, 1.54) is 0 Å². The van der Waals surface area contributed by atoms with E-state index >= 15 is 0 Å². The molecule has 0 fully saturated rings. The summed E-state index contributed by atoms with van der Waals surface area (Å²) >= 11 is 5.83. The lowest BCUT2D eigenvalue weighted by atomic mass is 10.2. The van der Waals surface area contributed by atoms with Gasteiger partial charge in [-0.05, 0) is 18.6 Å². The van der Waals surface area contributed by atoms with Crippen molar-refractivity contribution in [3.63, 3.8) is 0 Å². The van der Waals surface area contributed by atoms with Gasteiger partial charge in [-0.25, -0.2) is 4.98 Å². The first kappa shape index (κ1) is 6.68. The van der Waals surface area contributed by atoms with E-state index in [-0.39, 0.29) is 0 Å². The van der Waals surface area contributed by atoms with Crippen LogP contribution >= 0.6 is 11.6 Å². The van der Waals surface area contributed by atoms with Crippen molar-refractivity contribution in [2.75, 3.05) is 0 Å². The van der Waals surface area contributed by atoms with E-state index in [0.29, 0.717) is 5.15 Å². The minimum Gasteiger partial charge on any atom is -0.464 e. The maximum atomic E-state index is 5.83. The molecule has 56 valence electrons. The molecule has 0 atom stereocenters. The fourth-order valence-corrected chi connectivity index (χ4v) is 1.38. The number of aryl methyl sites for hydroxylation is 1. The van der Waals surface area contributed by atoms with Crippen molar-refractivity contribution in [1.82, 2.24) is 4.98 Å². The molecule has 0 radical (unpaired) electrons. The van der Waals surface area contributed by atoms with Gasteiger partial charge >= 0.3 is 0 Å². The molecule has 0 aliphatic carbocycles. The number of halogens is 1. The number of pyridine rings is 1. The van der Waals surface area contributed by atoms with E-state index in [2.05, 4.69) is 4.98 Å². The molecule has 2 aromatic heterocycles. The molecule has 0 unspecified atom stereocenters. The van der Waals surface area contributed by atoms with Crippen molar-refractivity contribution >= 4 is 22.6 Å². The average Bonchev–Trinajstić information content (AvgIpc) is 2.34.